The van der Waals surface area contributed by atoms with Gasteiger partial charge in [-0.3, -0.25) is 0 Å². The summed E-state index contributed by atoms with van der Waals surface area (Å²) in [6.07, 6.45) is 5.92. The summed E-state index contributed by atoms with van der Waals surface area (Å²) >= 11 is 0. The summed E-state index contributed by atoms with van der Waals surface area (Å²) in [7, 11) is 0. The Bertz CT molecular complexity index is 201. The lowest BCUT2D eigenvalue weighted by Gasteiger charge is -2.38. The summed E-state index contributed by atoms with van der Waals surface area (Å²) in [5, 5.41) is 13.9. The maximum absolute atomic E-state index is 10.5. The van der Waals surface area contributed by atoms with Gasteiger partial charge in [0, 0.05) is 6.04 Å². The maximum Gasteiger partial charge on any atom is 0.0660 e. The molecule has 2 heteroatoms. The minimum Gasteiger partial charge on any atom is -0.390 e. The van der Waals surface area contributed by atoms with Crippen molar-refractivity contribution in [1.29, 1.82) is 0 Å². The molecule has 0 bridgehead atoms. The van der Waals surface area contributed by atoms with E-state index in [0.717, 1.165) is 18.9 Å². The van der Waals surface area contributed by atoms with Crippen molar-refractivity contribution < 1.29 is 5.11 Å². The Morgan fingerprint density at radius 3 is 2.62 bits per heavy atom. The predicted molar refractivity (Wildman–Crippen MR) is 69.5 cm³/mol. The molecule has 0 radical (unpaired) electrons. The van der Waals surface area contributed by atoms with Crippen molar-refractivity contribution in [2.75, 3.05) is 6.54 Å². The molecule has 0 saturated heterocycles. The molecule has 0 heterocycles. The highest BCUT2D eigenvalue weighted by atomic mass is 16.3. The van der Waals surface area contributed by atoms with E-state index >= 15 is 0 Å². The van der Waals surface area contributed by atoms with E-state index in [-0.39, 0.29) is 0 Å². The molecule has 1 saturated carbocycles. The van der Waals surface area contributed by atoms with E-state index in [2.05, 4.69) is 26.1 Å². The third-order valence-electron chi connectivity index (χ3n) is 4.00. The molecule has 1 aliphatic rings. The normalized spacial score (nSPS) is 30.4. The summed E-state index contributed by atoms with van der Waals surface area (Å²) in [6, 6.07) is 0.515. The number of rotatable bonds is 5. The van der Waals surface area contributed by atoms with Crippen LogP contribution in [0.5, 0.6) is 0 Å². The molecule has 0 aromatic heterocycles. The van der Waals surface area contributed by atoms with Crippen LogP contribution >= 0.6 is 0 Å². The monoisotopic (exact) mass is 227 g/mol. The molecule has 0 aromatic carbocycles. The topological polar surface area (TPSA) is 32.3 Å². The van der Waals surface area contributed by atoms with Gasteiger partial charge in [-0.05, 0) is 44.6 Å². The van der Waals surface area contributed by atoms with Crippen molar-refractivity contribution in [2.45, 2.75) is 71.4 Å². The second-order valence-corrected chi connectivity index (χ2v) is 6.18. The highest BCUT2D eigenvalue weighted by Crippen LogP contribution is 2.37. The first-order valence-electron chi connectivity index (χ1n) is 6.87. The number of hydrogen-bond donors (Lipinski definition) is 2. The summed E-state index contributed by atoms with van der Waals surface area (Å²) in [4.78, 5) is 0. The van der Waals surface area contributed by atoms with Crippen LogP contribution < -0.4 is 5.32 Å². The predicted octanol–water partition coefficient (Wildman–Crippen LogP) is 2.95. The van der Waals surface area contributed by atoms with Crippen LogP contribution in [0.4, 0.5) is 0 Å². The van der Waals surface area contributed by atoms with E-state index in [1.54, 1.807) is 0 Å². The second-order valence-electron chi connectivity index (χ2n) is 6.18. The van der Waals surface area contributed by atoms with Gasteiger partial charge in [0.05, 0.1) is 5.60 Å². The Labute approximate surface area is 101 Å². The fourth-order valence-corrected chi connectivity index (χ4v) is 2.82. The van der Waals surface area contributed by atoms with Crippen molar-refractivity contribution in [3.63, 3.8) is 0 Å². The average Bonchev–Trinajstić information content (AvgIpc) is 2.16. The lowest BCUT2D eigenvalue weighted by atomic mass is 9.73. The van der Waals surface area contributed by atoms with Crippen molar-refractivity contribution in [2.24, 2.45) is 11.8 Å². The summed E-state index contributed by atoms with van der Waals surface area (Å²) in [6.45, 7) is 9.57. The smallest absolute Gasteiger partial charge is 0.0660 e. The molecule has 0 aromatic rings. The fraction of sp³-hybridized carbons (Fsp3) is 1.00. The van der Waals surface area contributed by atoms with Crippen molar-refractivity contribution in [1.82, 2.24) is 5.32 Å². The SMILES string of the molecule is CC1CCCC(C(C)(O)CCNC(C)C)C1. The van der Waals surface area contributed by atoms with Crippen LogP contribution in [0, 0.1) is 11.8 Å². The Hall–Kier alpha value is -0.0800. The van der Waals surface area contributed by atoms with E-state index in [9.17, 15) is 5.11 Å². The third kappa shape index (κ3) is 4.42. The van der Waals surface area contributed by atoms with Gasteiger partial charge in [0.1, 0.15) is 0 Å². The van der Waals surface area contributed by atoms with Gasteiger partial charge in [0.2, 0.25) is 0 Å². The summed E-state index contributed by atoms with van der Waals surface area (Å²) < 4.78 is 0. The zero-order chi connectivity index (χ0) is 12.2. The maximum atomic E-state index is 10.5. The molecule has 3 unspecified atom stereocenters. The van der Waals surface area contributed by atoms with Crippen LogP contribution in [0.25, 0.3) is 0 Å². The van der Waals surface area contributed by atoms with Crippen molar-refractivity contribution in [3.05, 3.63) is 0 Å². The molecule has 96 valence electrons. The lowest BCUT2D eigenvalue weighted by Crippen LogP contribution is -2.40. The van der Waals surface area contributed by atoms with E-state index < -0.39 is 5.60 Å². The minimum atomic E-state index is -0.476. The summed E-state index contributed by atoms with van der Waals surface area (Å²) in [5.74, 6) is 1.30. The second kappa shape index (κ2) is 6.02. The Morgan fingerprint density at radius 2 is 2.06 bits per heavy atom. The molecule has 0 aliphatic heterocycles. The van der Waals surface area contributed by atoms with Crippen molar-refractivity contribution >= 4 is 0 Å². The van der Waals surface area contributed by atoms with Crippen molar-refractivity contribution in [3.8, 4) is 0 Å². The molecule has 3 atom stereocenters. The van der Waals surface area contributed by atoms with E-state index in [1.807, 2.05) is 6.92 Å². The Morgan fingerprint density at radius 1 is 1.38 bits per heavy atom. The zero-order valence-electron chi connectivity index (χ0n) is 11.4. The molecule has 16 heavy (non-hydrogen) atoms. The van der Waals surface area contributed by atoms with Gasteiger partial charge in [0.25, 0.3) is 0 Å². The van der Waals surface area contributed by atoms with Crippen LogP contribution in [0.1, 0.15) is 59.8 Å². The van der Waals surface area contributed by atoms with E-state index in [0.29, 0.717) is 12.0 Å². The first-order valence-corrected chi connectivity index (χ1v) is 6.87. The van der Waals surface area contributed by atoms with Gasteiger partial charge in [0.15, 0.2) is 0 Å². The highest BCUT2D eigenvalue weighted by Gasteiger charge is 2.34. The van der Waals surface area contributed by atoms with E-state index in [1.165, 1.54) is 25.7 Å². The van der Waals surface area contributed by atoms with Crippen LogP contribution in [0.3, 0.4) is 0 Å². The van der Waals surface area contributed by atoms with Gasteiger partial charge in [-0.15, -0.1) is 0 Å². The molecular formula is C14H29NO. The average molecular weight is 227 g/mol. The largest absolute Gasteiger partial charge is 0.390 e. The standard InChI is InChI=1S/C14H29NO/c1-11(2)15-9-8-14(4,16)13-7-5-6-12(3)10-13/h11-13,15-16H,5-10H2,1-4H3. The molecular weight excluding hydrogens is 198 g/mol. The molecule has 1 fully saturated rings. The lowest BCUT2D eigenvalue weighted by molar-refractivity contribution is -0.0307. The Balaban J connectivity index is 2.36. The first-order chi connectivity index (χ1) is 7.42. The summed E-state index contributed by atoms with van der Waals surface area (Å²) in [5.41, 5.74) is -0.476. The van der Waals surface area contributed by atoms with Gasteiger partial charge in [-0.2, -0.15) is 0 Å². The van der Waals surface area contributed by atoms with Crippen LogP contribution in [-0.2, 0) is 0 Å². The molecule has 0 spiro atoms. The molecule has 0 amide bonds. The van der Waals surface area contributed by atoms with Crippen LogP contribution in [0.15, 0.2) is 0 Å². The van der Waals surface area contributed by atoms with Gasteiger partial charge in [-0.25, -0.2) is 0 Å². The minimum absolute atomic E-state index is 0.476. The van der Waals surface area contributed by atoms with Crippen LogP contribution in [0.2, 0.25) is 0 Å². The highest BCUT2D eigenvalue weighted by molar-refractivity contribution is 4.86. The number of nitrogens with one attached hydrogen (secondary N) is 1. The molecule has 1 rings (SSSR count). The zero-order valence-corrected chi connectivity index (χ0v) is 11.4. The Kier molecular flexibility index (Phi) is 5.26. The molecule has 2 nitrogen and oxygen atoms in total. The number of hydrogen-bond acceptors (Lipinski definition) is 2. The molecule has 1 aliphatic carbocycles. The number of aliphatic hydroxyl groups is 1. The van der Waals surface area contributed by atoms with Gasteiger partial charge < -0.3 is 10.4 Å². The van der Waals surface area contributed by atoms with Crippen LogP contribution in [-0.4, -0.2) is 23.3 Å². The first kappa shape index (κ1) is 14.0. The quantitative estimate of drug-likeness (QED) is 0.757. The third-order valence-corrected chi connectivity index (χ3v) is 4.00. The van der Waals surface area contributed by atoms with Gasteiger partial charge >= 0.3 is 0 Å². The van der Waals surface area contributed by atoms with Gasteiger partial charge in [-0.1, -0.05) is 33.6 Å². The fourth-order valence-electron chi connectivity index (χ4n) is 2.82. The van der Waals surface area contributed by atoms with E-state index in [4.69, 9.17) is 0 Å². The molecule has 2 N–H and O–H groups in total.